The number of aryl methyl sites for hydroxylation is 1. The van der Waals surface area contributed by atoms with Crippen LogP contribution in [0.5, 0.6) is 0 Å². The fourth-order valence-corrected chi connectivity index (χ4v) is 2.19. The average Bonchev–Trinajstić information content (AvgIpc) is 2.77. The fourth-order valence-electron chi connectivity index (χ4n) is 1.67. The Labute approximate surface area is 153 Å². The summed E-state index contributed by atoms with van der Waals surface area (Å²) in [6, 6.07) is 4.97. The lowest BCUT2D eigenvalue weighted by molar-refractivity contribution is 0.0998. The molecule has 0 unspecified atom stereocenters. The number of aliphatic imine (C=N–C) groups is 1. The number of amides is 1. The monoisotopic (exact) mass is 407 g/mol. The van der Waals surface area contributed by atoms with Crippen molar-refractivity contribution < 1.29 is 17.8 Å². The quantitative estimate of drug-likeness (QED) is 0.333. The Balaban J connectivity index is 0.000000550. The topological polar surface area (TPSA) is 165 Å². The minimum Gasteiger partial charge on any atom is -0.370 e. The predicted molar refractivity (Wildman–Crippen MR) is 96.4 cm³/mol. The van der Waals surface area contributed by atoms with Gasteiger partial charge in [0.1, 0.15) is 5.82 Å². The summed E-state index contributed by atoms with van der Waals surface area (Å²) in [4.78, 5) is 22.4. The van der Waals surface area contributed by atoms with Crippen LogP contribution in [0.2, 0.25) is 10.0 Å². The molecule has 1 aromatic heterocycles. The SMILES string of the molecule is CS(=O)(=O)O.Cc1[nH]c(-c2cc(Cl)cc(Cl)c2)nc1C(=O)N=C(N)N. The standard InChI is InChI=1S/C12H11Cl2N5O.CH4O3S/c1-5-9(11(20)19-12(15)16)18-10(17-5)6-2-7(13)4-8(14)3-6;1-5(2,3)4/h2-4H,1H3,(H,17,18)(H4,15,16,19,20);1H3,(H,2,3,4). The predicted octanol–water partition coefficient (Wildman–Crippen LogP) is 1.61. The lowest BCUT2D eigenvalue weighted by Crippen LogP contribution is -2.24. The molecular formula is C13H15Cl2N5O4S. The largest absolute Gasteiger partial charge is 0.370 e. The zero-order chi connectivity index (χ0) is 19.4. The van der Waals surface area contributed by atoms with Crippen LogP contribution in [-0.4, -0.2) is 41.1 Å². The number of imidazole rings is 1. The van der Waals surface area contributed by atoms with Gasteiger partial charge in [-0.05, 0) is 25.1 Å². The van der Waals surface area contributed by atoms with Crippen molar-refractivity contribution in [2.75, 3.05) is 6.26 Å². The van der Waals surface area contributed by atoms with Gasteiger partial charge in [0.2, 0.25) is 0 Å². The van der Waals surface area contributed by atoms with E-state index in [0.29, 0.717) is 33.4 Å². The third-order valence-corrected chi connectivity index (χ3v) is 2.89. The molecule has 25 heavy (non-hydrogen) atoms. The summed E-state index contributed by atoms with van der Waals surface area (Å²) in [7, 11) is -3.67. The number of hydrogen-bond donors (Lipinski definition) is 4. The van der Waals surface area contributed by atoms with Crippen LogP contribution in [0.4, 0.5) is 0 Å². The molecule has 136 valence electrons. The molecule has 0 spiro atoms. The van der Waals surface area contributed by atoms with Crippen LogP contribution in [-0.2, 0) is 10.1 Å². The first-order valence-corrected chi connectivity index (χ1v) is 9.06. The van der Waals surface area contributed by atoms with Crippen molar-refractivity contribution in [1.82, 2.24) is 9.97 Å². The highest BCUT2D eigenvalue weighted by Crippen LogP contribution is 2.26. The number of nitrogens with one attached hydrogen (secondary N) is 1. The van der Waals surface area contributed by atoms with Gasteiger partial charge in [-0.2, -0.15) is 13.4 Å². The van der Waals surface area contributed by atoms with Crippen LogP contribution in [0, 0.1) is 6.92 Å². The number of carbonyl (C=O) groups excluding carboxylic acids is 1. The summed E-state index contributed by atoms with van der Waals surface area (Å²) in [6.45, 7) is 1.69. The van der Waals surface area contributed by atoms with E-state index in [0.717, 1.165) is 0 Å². The molecule has 0 aliphatic rings. The van der Waals surface area contributed by atoms with Crippen molar-refractivity contribution in [3.63, 3.8) is 0 Å². The van der Waals surface area contributed by atoms with E-state index in [-0.39, 0.29) is 11.7 Å². The van der Waals surface area contributed by atoms with Crippen LogP contribution < -0.4 is 11.5 Å². The minimum absolute atomic E-state index is 0.143. The fraction of sp³-hybridized carbons (Fsp3) is 0.154. The maximum absolute atomic E-state index is 11.8. The summed E-state index contributed by atoms with van der Waals surface area (Å²) >= 11 is 11.9. The number of halogens is 2. The number of hydrogen-bond acceptors (Lipinski definition) is 4. The van der Waals surface area contributed by atoms with Gasteiger partial charge in [0.05, 0.1) is 6.26 Å². The molecule has 6 N–H and O–H groups in total. The summed E-state index contributed by atoms with van der Waals surface area (Å²) < 4.78 is 25.9. The molecule has 1 amide bonds. The highest BCUT2D eigenvalue weighted by molar-refractivity contribution is 7.85. The number of nitrogens with two attached hydrogens (primary N) is 2. The number of aromatic amines is 1. The second-order valence-corrected chi connectivity index (χ2v) is 7.13. The van der Waals surface area contributed by atoms with Gasteiger partial charge in [0.25, 0.3) is 10.1 Å². The van der Waals surface area contributed by atoms with E-state index in [4.69, 9.17) is 39.2 Å². The minimum atomic E-state index is -3.67. The molecule has 0 saturated carbocycles. The Morgan fingerprint density at radius 3 is 2.16 bits per heavy atom. The summed E-state index contributed by atoms with van der Waals surface area (Å²) in [5, 5.41) is 0.942. The molecule has 0 aliphatic heterocycles. The molecule has 0 saturated heterocycles. The van der Waals surface area contributed by atoms with Gasteiger partial charge in [-0.15, -0.1) is 0 Å². The Morgan fingerprint density at radius 2 is 1.72 bits per heavy atom. The summed E-state index contributed by atoms with van der Waals surface area (Å²) in [6.07, 6.45) is 0.715. The van der Waals surface area contributed by atoms with Gasteiger partial charge in [0.15, 0.2) is 11.7 Å². The zero-order valence-electron chi connectivity index (χ0n) is 13.1. The van der Waals surface area contributed by atoms with E-state index in [1.165, 1.54) is 0 Å². The number of aromatic nitrogens is 2. The Bertz CT molecular complexity index is 892. The third kappa shape index (κ3) is 7.52. The van der Waals surface area contributed by atoms with Crippen LogP contribution in [0.3, 0.4) is 0 Å². The first kappa shape index (κ1) is 20.9. The molecule has 0 fully saturated rings. The van der Waals surface area contributed by atoms with Crippen LogP contribution in [0.1, 0.15) is 16.2 Å². The molecular weight excluding hydrogens is 393 g/mol. The third-order valence-electron chi connectivity index (χ3n) is 2.45. The van der Waals surface area contributed by atoms with Crippen molar-refractivity contribution >= 4 is 45.2 Å². The Kier molecular flexibility index (Phi) is 6.94. The second-order valence-electron chi connectivity index (χ2n) is 4.79. The molecule has 0 bridgehead atoms. The smallest absolute Gasteiger partial charge is 0.300 e. The van der Waals surface area contributed by atoms with E-state index < -0.39 is 16.0 Å². The number of H-pyrrole nitrogens is 1. The van der Waals surface area contributed by atoms with Crippen LogP contribution >= 0.6 is 23.2 Å². The number of nitrogens with zero attached hydrogens (tertiary/aromatic N) is 2. The number of carbonyl (C=O) groups is 1. The first-order chi connectivity index (χ1) is 11.4. The van der Waals surface area contributed by atoms with Gasteiger partial charge in [-0.25, -0.2) is 4.98 Å². The second kappa shape index (κ2) is 8.30. The number of benzene rings is 1. The molecule has 12 heteroatoms. The zero-order valence-corrected chi connectivity index (χ0v) is 15.4. The Morgan fingerprint density at radius 1 is 1.24 bits per heavy atom. The average molecular weight is 408 g/mol. The van der Waals surface area contributed by atoms with E-state index in [1.54, 1.807) is 25.1 Å². The molecule has 0 radical (unpaired) electrons. The molecule has 2 rings (SSSR count). The maximum Gasteiger partial charge on any atom is 0.300 e. The maximum atomic E-state index is 11.8. The lowest BCUT2D eigenvalue weighted by Gasteiger charge is -1.99. The van der Waals surface area contributed by atoms with Gasteiger partial charge >= 0.3 is 5.91 Å². The Hall–Kier alpha value is -2.14. The summed E-state index contributed by atoms with van der Waals surface area (Å²) in [5.41, 5.74) is 11.7. The normalized spacial score (nSPS) is 10.6. The van der Waals surface area contributed by atoms with Crippen LogP contribution in [0.25, 0.3) is 11.4 Å². The van der Waals surface area contributed by atoms with Gasteiger partial charge in [0, 0.05) is 21.3 Å². The highest BCUT2D eigenvalue weighted by Gasteiger charge is 2.16. The van der Waals surface area contributed by atoms with Gasteiger partial charge in [-0.1, -0.05) is 23.2 Å². The van der Waals surface area contributed by atoms with Crippen molar-refractivity contribution in [3.8, 4) is 11.4 Å². The molecule has 0 aliphatic carbocycles. The molecule has 0 atom stereocenters. The molecule has 2 aromatic rings. The van der Waals surface area contributed by atoms with E-state index >= 15 is 0 Å². The first-order valence-electron chi connectivity index (χ1n) is 6.46. The highest BCUT2D eigenvalue weighted by atomic mass is 35.5. The van der Waals surface area contributed by atoms with Crippen molar-refractivity contribution in [1.29, 1.82) is 0 Å². The number of guanidine groups is 1. The van der Waals surface area contributed by atoms with Crippen molar-refractivity contribution in [2.24, 2.45) is 16.5 Å². The van der Waals surface area contributed by atoms with Crippen molar-refractivity contribution in [2.45, 2.75) is 6.92 Å². The molecule has 1 heterocycles. The molecule has 9 nitrogen and oxygen atoms in total. The van der Waals surface area contributed by atoms with Crippen molar-refractivity contribution in [3.05, 3.63) is 39.6 Å². The van der Waals surface area contributed by atoms with Crippen LogP contribution in [0.15, 0.2) is 23.2 Å². The van der Waals surface area contributed by atoms with E-state index in [1.807, 2.05) is 0 Å². The number of rotatable bonds is 2. The van der Waals surface area contributed by atoms with Gasteiger partial charge < -0.3 is 16.5 Å². The lowest BCUT2D eigenvalue weighted by atomic mass is 10.2. The van der Waals surface area contributed by atoms with Gasteiger partial charge in [-0.3, -0.25) is 9.35 Å². The van der Waals surface area contributed by atoms with E-state index in [2.05, 4.69) is 15.0 Å². The summed E-state index contributed by atoms with van der Waals surface area (Å²) in [5.74, 6) is -0.469. The molecule has 1 aromatic carbocycles. The van der Waals surface area contributed by atoms with E-state index in [9.17, 15) is 13.2 Å².